The minimum atomic E-state index is -0.0299. The predicted octanol–water partition coefficient (Wildman–Crippen LogP) is 4.51. The van der Waals surface area contributed by atoms with Gasteiger partial charge in [-0.3, -0.25) is 4.79 Å². The van der Waals surface area contributed by atoms with Gasteiger partial charge in [-0.05, 0) is 47.4 Å². The van der Waals surface area contributed by atoms with Crippen LogP contribution in [0.2, 0.25) is 10.2 Å². The van der Waals surface area contributed by atoms with Gasteiger partial charge in [0.2, 0.25) is 5.91 Å². The van der Waals surface area contributed by atoms with Crippen LogP contribution in [0.5, 0.6) is 0 Å². The van der Waals surface area contributed by atoms with E-state index in [9.17, 15) is 4.79 Å². The summed E-state index contributed by atoms with van der Waals surface area (Å²) in [6.45, 7) is 2.02. The van der Waals surface area contributed by atoms with Gasteiger partial charge in [-0.1, -0.05) is 35.4 Å². The molecule has 0 N–H and O–H groups in total. The van der Waals surface area contributed by atoms with Gasteiger partial charge in [0.25, 0.3) is 0 Å². The second-order valence-corrected chi connectivity index (χ2v) is 6.01. The summed E-state index contributed by atoms with van der Waals surface area (Å²) in [5.74, 6) is -0.0299. The van der Waals surface area contributed by atoms with Crippen LogP contribution in [0, 0.1) is 0 Å². The monoisotopic (exact) mass is 332 g/mol. The van der Waals surface area contributed by atoms with E-state index in [4.69, 9.17) is 23.2 Å². The van der Waals surface area contributed by atoms with E-state index in [0.717, 1.165) is 28.8 Å². The number of benzene rings is 1. The molecule has 0 saturated heterocycles. The van der Waals surface area contributed by atoms with E-state index in [1.807, 2.05) is 30.4 Å². The lowest BCUT2D eigenvalue weighted by molar-refractivity contribution is -0.116. The zero-order valence-corrected chi connectivity index (χ0v) is 13.5. The SMILES string of the molecule is CC(=O)N1Cc2cc(Cl)ncc2C/C=C\c2cc(Cl)ccc21. The molecule has 2 heterocycles. The topological polar surface area (TPSA) is 33.2 Å². The number of aromatic nitrogens is 1. The molecule has 0 saturated carbocycles. The van der Waals surface area contributed by atoms with Crippen molar-refractivity contribution in [2.75, 3.05) is 4.90 Å². The maximum absolute atomic E-state index is 12.1. The van der Waals surface area contributed by atoms with Gasteiger partial charge in [0.1, 0.15) is 5.15 Å². The molecule has 1 aliphatic rings. The number of anilines is 1. The van der Waals surface area contributed by atoms with Gasteiger partial charge in [-0.2, -0.15) is 0 Å². The fourth-order valence-electron chi connectivity index (χ4n) is 2.58. The number of carbonyl (C=O) groups is 1. The van der Waals surface area contributed by atoms with E-state index in [1.165, 1.54) is 0 Å². The summed E-state index contributed by atoms with van der Waals surface area (Å²) in [4.78, 5) is 18.0. The highest BCUT2D eigenvalue weighted by Crippen LogP contribution is 2.30. The Morgan fingerprint density at radius 2 is 2.05 bits per heavy atom. The van der Waals surface area contributed by atoms with Crippen LogP contribution in [0.25, 0.3) is 6.08 Å². The summed E-state index contributed by atoms with van der Waals surface area (Å²) in [5, 5.41) is 1.08. The zero-order chi connectivity index (χ0) is 15.7. The number of pyridine rings is 1. The third kappa shape index (κ3) is 3.01. The van der Waals surface area contributed by atoms with Gasteiger partial charge in [-0.25, -0.2) is 4.98 Å². The second-order valence-electron chi connectivity index (χ2n) is 5.19. The lowest BCUT2D eigenvalue weighted by Crippen LogP contribution is -2.28. The number of halogens is 2. The molecular formula is C17H14Cl2N2O. The smallest absolute Gasteiger partial charge is 0.224 e. The largest absolute Gasteiger partial charge is 0.308 e. The number of rotatable bonds is 0. The van der Waals surface area contributed by atoms with Crippen molar-refractivity contribution in [3.8, 4) is 0 Å². The summed E-state index contributed by atoms with van der Waals surface area (Å²) >= 11 is 12.1. The molecule has 3 nitrogen and oxygen atoms in total. The van der Waals surface area contributed by atoms with Gasteiger partial charge in [0, 0.05) is 18.1 Å². The lowest BCUT2D eigenvalue weighted by Gasteiger charge is -2.24. The van der Waals surface area contributed by atoms with E-state index >= 15 is 0 Å². The van der Waals surface area contributed by atoms with E-state index in [0.29, 0.717) is 16.7 Å². The van der Waals surface area contributed by atoms with Gasteiger partial charge in [0.15, 0.2) is 0 Å². The van der Waals surface area contributed by atoms with Gasteiger partial charge in [0.05, 0.1) is 12.2 Å². The Balaban J connectivity index is 2.16. The third-order valence-corrected chi connectivity index (χ3v) is 4.12. The fourth-order valence-corrected chi connectivity index (χ4v) is 2.94. The summed E-state index contributed by atoms with van der Waals surface area (Å²) in [5.41, 5.74) is 3.83. The first kappa shape index (κ1) is 15.1. The van der Waals surface area contributed by atoms with Gasteiger partial charge < -0.3 is 4.90 Å². The Labute approximate surface area is 139 Å². The van der Waals surface area contributed by atoms with Crippen LogP contribution in [0.3, 0.4) is 0 Å². The molecule has 2 aromatic rings. The van der Waals surface area contributed by atoms with Crippen molar-refractivity contribution in [1.82, 2.24) is 4.98 Å². The maximum atomic E-state index is 12.1. The Hall–Kier alpha value is -1.84. The zero-order valence-electron chi connectivity index (χ0n) is 12.0. The maximum Gasteiger partial charge on any atom is 0.224 e. The van der Waals surface area contributed by atoms with E-state index in [1.54, 1.807) is 24.1 Å². The molecule has 0 fully saturated rings. The van der Waals surface area contributed by atoms with E-state index in [2.05, 4.69) is 4.98 Å². The van der Waals surface area contributed by atoms with Crippen LogP contribution in [0.4, 0.5) is 5.69 Å². The minimum absolute atomic E-state index is 0.0299. The highest BCUT2D eigenvalue weighted by Gasteiger charge is 2.18. The average molecular weight is 333 g/mol. The number of allylic oxidation sites excluding steroid dienone is 1. The summed E-state index contributed by atoms with van der Waals surface area (Å²) in [6.07, 6.45) is 6.54. The molecule has 1 amide bonds. The standard InChI is InChI=1S/C17H14Cl2N2O/c1-11(22)21-10-14-8-17(19)20-9-13(14)4-2-3-12-7-15(18)5-6-16(12)21/h2-3,5-9H,4,10H2,1H3/b3-2-. The van der Waals surface area contributed by atoms with Crippen molar-refractivity contribution in [2.24, 2.45) is 0 Å². The van der Waals surface area contributed by atoms with Crippen molar-refractivity contribution in [2.45, 2.75) is 19.9 Å². The van der Waals surface area contributed by atoms with Gasteiger partial charge >= 0.3 is 0 Å². The molecule has 5 heteroatoms. The molecule has 112 valence electrons. The number of fused-ring (bicyclic) bond motifs is 2. The molecule has 0 radical (unpaired) electrons. The van der Waals surface area contributed by atoms with Crippen molar-refractivity contribution < 1.29 is 4.79 Å². The third-order valence-electron chi connectivity index (χ3n) is 3.67. The van der Waals surface area contributed by atoms with Crippen LogP contribution in [-0.4, -0.2) is 10.9 Å². The van der Waals surface area contributed by atoms with Crippen molar-refractivity contribution in [1.29, 1.82) is 0 Å². The van der Waals surface area contributed by atoms with Crippen molar-refractivity contribution in [3.05, 3.63) is 63.4 Å². The first-order valence-electron chi connectivity index (χ1n) is 6.92. The Kier molecular flexibility index (Phi) is 4.19. The molecule has 0 atom stereocenters. The quantitative estimate of drug-likeness (QED) is 0.665. The molecular weight excluding hydrogens is 319 g/mol. The fraction of sp³-hybridized carbons (Fsp3) is 0.176. The van der Waals surface area contributed by atoms with Crippen LogP contribution >= 0.6 is 23.2 Å². The molecule has 0 aliphatic carbocycles. The highest BCUT2D eigenvalue weighted by molar-refractivity contribution is 6.31. The van der Waals surface area contributed by atoms with Crippen LogP contribution < -0.4 is 4.90 Å². The minimum Gasteiger partial charge on any atom is -0.308 e. The summed E-state index contributed by atoms with van der Waals surface area (Å²) in [6, 6.07) is 7.35. The Bertz CT molecular complexity index is 771. The molecule has 1 aliphatic heterocycles. The number of amides is 1. The van der Waals surface area contributed by atoms with Crippen molar-refractivity contribution >= 4 is 40.9 Å². The van der Waals surface area contributed by atoms with Crippen LogP contribution in [0.1, 0.15) is 23.6 Å². The molecule has 0 spiro atoms. The molecule has 22 heavy (non-hydrogen) atoms. The molecule has 1 aromatic carbocycles. The second kappa shape index (κ2) is 6.11. The lowest BCUT2D eigenvalue weighted by atomic mass is 10.1. The van der Waals surface area contributed by atoms with Crippen LogP contribution in [0.15, 0.2) is 36.5 Å². The predicted molar refractivity (Wildman–Crippen MR) is 90.3 cm³/mol. The number of carbonyl (C=O) groups excluding carboxylic acids is 1. The molecule has 1 aromatic heterocycles. The Morgan fingerprint density at radius 3 is 2.82 bits per heavy atom. The first-order chi connectivity index (χ1) is 10.5. The molecule has 0 bridgehead atoms. The summed E-state index contributed by atoms with van der Waals surface area (Å²) < 4.78 is 0. The first-order valence-corrected chi connectivity index (χ1v) is 7.67. The average Bonchev–Trinajstić information content (AvgIpc) is 2.54. The van der Waals surface area contributed by atoms with Gasteiger partial charge in [-0.15, -0.1) is 0 Å². The normalized spacial score (nSPS) is 15.1. The number of nitrogens with zero attached hydrogens (tertiary/aromatic N) is 2. The molecule has 0 unspecified atom stereocenters. The number of hydrogen-bond donors (Lipinski definition) is 0. The highest BCUT2D eigenvalue weighted by atomic mass is 35.5. The van der Waals surface area contributed by atoms with Crippen molar-refractivity contribution in [3.63, 3.8) is 0 Å². The van der Waals surface area contributed by atoms with E-state index < -0.39 is 0 Å². The van der Waals surface area contributed by atoms with E-state index in [-0.39, 0.29) is 5.91 Å². The summed E-state index contributed by atoms with van der Waals surface area (Å²) in [7, 11) is 0. The number of hydrogen-bond acceptors (Lipinski definition) is 2. The molecule has 3 rings (SSSR count). The van der Waals surface area contributed by atoms with Crippen LogP contribution in [-0.2, 0) is 17.8 Å². The Morgan fingerprint density at radius 1 is 1.23 bits per heavy atom.